The van der Waals surface area contributed by atoms with E-state index in [1.807, 2.05) is 31.3 Å². The van der Waals surface area contributed by atoms with Crippen LogP contribution < -0.4 is 10.1 Å². The first kappa shape index (κ1) is 17.3. The first-order valence-corrected chi connectivity index (χ1v) is 7.27. The van der Waals surface area contributed by atoms with Gasteiger partial charge >= 0.3 is 0 Å². The number of carbonyl (C=O) groups excluding carboxylic acids is 1. The SMILES string of the molecule is CC(Oc1ccccc1Br)C(=O)N(C)C1CCNC1.Cl. The Kier molecular flexibility index (Phi) is 6.79. The van der Waals surface area contributed by atoms with Gasteiger partial charge in [-0.3, -0.25) is 4.79 Å². The molecular formula is C14H20BrClN2O2. The van der Waals surface area contributed by atoms with Crippen molar-refractivity contribution in [2.75, 3.05) is 20.1 Å². The molecule has 1 fully saturated rings. The van der Waals surface area contributed by atoms with Crippen LogP contribution in [0.3, 0.4) is 0 Å². The summed E-state index contributed by atoms with van der Waals surface area (Å²) in [5, 5.41) is 3.26. The summed E-state index contributed by atoms with van der Waals surface area (Å²) in [6.07, 6.45) is 0.522. The average Bonchev–Trinajstić information content (AvgIpc) is 2.93. The molecule has 1 saturated heterocycles. The Bertz CT molecular complexity index is 453. The number of hydrogen-bond acceptors (Lipinski definition) is 3. The molecule has 112 valence electrons. The number of para-hydroxylation sites is 1. The summed E-state index contributed by atoms with van der Waals surface area (Å²) < 4.78 is 6.59. The van der Waals surface area contributed by atoms with E-state index in [9.17, 15) is 4.79 Å². The fraction of sp³-hybridized carbons (Fsp3) is 0.500. The molecule has 20 heavy (non-hydrogen) atoms. The summed E-state index contributed by atoms with van der Waals surface area (Å²) in [5.41, 5.74) is 0. The maximum absolute atomic E-state index is 12.3. The minimum atomic E-state index is -0.482. The molecule has 2 unspecified atom stereocenters. The third-order valence-corrected chi connectivity index (χ3v) is 4.07. The predicted octanol–water partition coefficient (Wildman–Crippen LogP) is 2.46. The molecule has 1 N–H and O–H groups in total. The van der Waals surface area contributed by atoms with Gasteiger partial charge in [0, 0.05) is 19.6 Å². The Balaban J connectivity index is 0.00000200. The van der Waals surface area contributed by atoms with E-state index in [0.29, 0.717) is 5.75 Å². The zero-order chi connectivity index (χ0) is 13.8. The highest BCUT2D eigenvalue weighted by Crippen LogP contribution is 2.25. The zero-order valence-electron chi connectivity index (χ0n) is 11.6. The largest absolute Gasteiger partial charge is 0.480 e. The molecule has 1 amide bonds. The highest BCUT2D eigenvalue weighted by molar-refractivity contribution is 9.10. The summed E-state index contributed by atoms with van der Waals surface area (Å²) in [7, 11) is 1.85. The first-order valence-electron chi connectivity index (χ1n) is 6.48. The van der Waals surface area contributed by atoms with E-state index in [-0.39, 0.29) is 24.4 Å². The van der Waals surface area contributed by atoms with Crippen molar-refractivity contribution in [3.63, 3.8) is 0 Å². The van der Waals surface area contributed by atoms with E-state index in [4.69, 9.17) is 4.74 Å². The van der Waals surface area contributed by atoms with E-state index in [0.717, 1.165) is 24.0 Å². The van der Waals surface area contributed by atoms with Gasteiger partial charge in [0.15, 0.2) is 6.10 Å². The van der Waals surface area contributed by atoms with Crippen molar-refractivity contribution in [1.82, 2.24) is 10.2 Å². The molecule has 2 atom stereocenters. The third kappa shape index (κ3) is 4.11. The van der Waals surface area contributed by atoms with Crippen molar-refractivity contribution in [2.45, 2.75) is 25.5 Å². The molecule has 0 radical (unpaired) electrons. The van der Waals surface area contributed by atoms with Crippen LogP contribution in [-0.2, 0) is 4.79 Å². The summed E-state index contributed by atoms with van der Waals surface area (Å²) in [6, 6.07) is 7.84. The average molecular weight is 364 g/mol. The smallest absolute Gasteiger partial charge is 0.263 e. The molecule has 0 spiro atoms. The van der Waals surface area contributed by atoms with Gasteiger partial charge in [0.2, 0.25) is 0 Å². The van der Waals surface area contributed by atoms with E-state index < -0.39 is 6.10 Å². The van der Waals surface area contributed by atoms with E-state index in [2.05, 4.69) is 21.2 Å². The normalized spacial score (nSPS) is 19.1. The summed E-state index contributed by atoms with van der Waals surface area (Å²) in [4.78, 5) is 14.1. The van der Waals surface area contributed by atoms with Crippen molar-refractivity contribution in [1.29, 1.82) is 0 Å². The quantitative estimate of drug-likeness (QED) is 0.893. The van der Waals surface area contributed by atoms with Crippen LogP contribution in [0.15, 0.2) is 28.7 Å². The number of nitrogens with zero attached hydrogens (tertiary/aromatic N) is 1. The van der Waals surface area contributed by atoms with Gasteiger partial charge in [0.1, 0.15) is 5.75 Å². The fourth-order valence-corrected chi connectivity index (χ4v) is 2.60. The van der Waals surface area contributed by atoms with Crippen molar-refractivity contribution in [2.24, 2.45) is 0 Å². The lowest BCUT2D eigenvalue weighted by atomic mass is 10.2. The molecule has 1 aromatic rings. The standard InChI is InChI=1S/C14H19BrN2O2.ClH/c1-10(19-13-6-4-3-5-12(13)15)14(18)17(2)11-7-8-16-9-11;/h3-6,10-11,16H,7-9H2,1-2H3;1H. The Morgan fingerprint density at radius 1 is 1.50 bits per heavy atom. The molecule has 4 nitrogen and oxygen atoms in total. The molecule has 1 aliphatic rings. The molecule has 0 aromatic heterocycles. The van der Waals surface area contributed by atoms with Crippen LogP contribution >= 0.6 is 28.3 Å². The Morgan fingerprint density at radius 2 is 2.20 bits per heavy atom. The van der Waals surface area contributed by atoms with E-state index in [1.54, 1.807) is 11.8 Å². The molecule has 0 saturated carbocycles. The number of amides is 1. The molecule has 1 heterocycles. The molecule has 0 aliphatic carbocycles. The highest BCUT2D eigenvalue weighted by atomic mass is 79.9. The monoisotopic (exact) mass is 362 g/mol. The minimum absolute atomic E-state index is 0. The number of likely N-dealkylation sites (N-methyl/N-ethyl adjacent to an activating group) is 1. The number of nitrogens with one attached hydrogen (secondary N) is 1. The Morgan fingerprint density at radius 3 is 2.80 bits per heavy atom. The van der Waals surface area contributed by atoms with Crippen molar-refractivity contribution in [3.8, 4) is 5.75 Å². The number of carbonyl (C=O) groups is 1. The fourth-order valence-electron chi connectivity index (χ4n) is 2.22. The van der Waals surface area contributed by atoms with E-state index in [1.165, 1.54) is 0 Å². The van der Waals surface area contributed by atoms with Crippen LogP contribution in [0.25, 0.3) is 0 Å². The zero-order valence-corrected chi connectivity index (χ0v) is 14.0. The third-order valence-electron chi connectivity index (χ3n) is 3.42. The van der Waals surface area contributed by atoms with Crippen LogP contribution in [0, 0.1) is 0 Å². The number of rotatable bonds is 4. The van der Waals surface area contributed by atoms with Crippen LogP contribution in [-0.4, -0.2) is 43.1 Å². The van der Waals surface area contributed by atoms with Gasteiger partial charge in [-0.2, -0.15) is 0 Å². The maximum Gasteiger partial charge on any atom is 0.263 e. The summed E-state index contributed by atoms with van der Waals surface area (Å²) in [6.45, 7) is 3.63. The van der Waals surface area contributed by atoms with Crippen LogP contribution in [0.2, 0.25) is 0 Å². The van der Waals surface area contributed by atoms with Gasteiger partial charge in [-0.05, 0) is 48.0 Å². The second-order valence-electron chi connectivity index (χ2n) is 4.79. The summed E-state index contributed by atoms with van der Waals surface area (Å²) in [5.74, 6) is 0.714. The lowest BCUT2D eigenvalue weighted by Gasteiger charge is -2.27. The highest BCUT2D eigenvalue weighted by Gasteiger charge is 2.27. The number of ether oxygens (including phenoxy) is 1. The molecule has 0 bridgehead atoms. The Labute approximate surface area is 134 Å². The Hall–Kier alpha value is -0.780. The van der Waals surface area contributed by atoms with Crippen LogP contribution in [0.5, 0.6) is 5.75 Å². The van der Waals surface area contributed by atoms with Crippen molar-refractivity contribution >= 4 is 34.2 Å². The van der Waals surface area contributed by atoms with Gasteiger partial charge in [-0.25, -0.2) is 0 Å². The second-order valence-corrected chi connectivity index (χ2v) is 5.64. The molecular weight excluding hydrogens is 344 g/mol. The van der Waals surface area contributed by atoms with Gasteiger partial charge in [0.05, 0.1) is 4.47 Å². The molecule has 6 heteroatoms. The minimum Gasteiger partial charge on any atom is -0.480 e. The number of benzene rings is 1. The van der Waals surface area contributed by atoms with Crippen molar-refractivity contribution in [3.05, 3.63) is 28.7 Å². The van der Waals surface area contributed by atoms with Crippen LogP contribution in [0.1, 0.15) is 13.3 Å². The van der Waals surface area contributed by atoms with Gasteiger partial charge in [0.25, 0.3) is 5.91 Å². The van der Waals surface area contributed by atoms with Crippen LogP contribution in [0.4, 0.5) is 0 Å². The lowest BCUT2D eigenvalue weighted by Crippen LogP contribution is -2.44. The predicted molar refractivity (Wildman–Crippen MR) is 85.5 cm³/mol. The number of hydrogen-bond donors (Lipinski definition) is 1. The topological polar surface area (TPSA) is 41.6 Å². The van der Waals surface area contributed by atoms with Gasteiger partial charge < -0.3 is 15.0 Å². The molecule has 2 rings (SSSR count). The van der Waals surface area contributed by atoms with Gasteiger partial charge in [-0.1, -0.05) is 12.1 Å². The first-order chi connectivity index (χ1) is 9.09. The number of halogens is 2. The molecule has 1 aliphatic heterocycles. The van der Waals surface area contributed by atoms with E-state index >= 15 is 0 Å². The second kappa shape index (κ2) is 7.86. The van der Waals surface area contributed by atoms with Gasteiger partial charge in [-0.15, -0.1) is 12.4 Å². The molecule has 1 aromatic carbocycles. The summed E-state index contributed by atoms with van der Waals surface area (Å²) >= 11 is 3.42. The lowest BCUT2D eigenvalue weighted by molar-refractivity contribution is -0.138. The van der Waals surface area contributed by atoms with Crippen molar-refractivity contribution < 1.29 is 9.53 Å². The maximum atomic E-state index is 12.3.